The maximum atomic E-state index is 12.2. The maximum absolute atomic E-state index is 12.2. The standard InChI is InChI=1S/C19H16ClN3OS/c1-13-7-9-14(10-8-13)11-16(20)18-22-23-19(25-18)17(24)21-12-15-5-3-2-4-6-15/h2-11H,12H2,1H3,(H,21,24)/b16-11-. The van der Waals surface area contributed by atoms with E-state index in [9.17, 15) is 4.79 Å². The number of nitrogens with zero attached hydrogens (tertiary/aromatic N) is 2. The number of rotatable bonds is 5. The van der Waals surface area contributed by atoms with E-state index in [1.807, 2.05) is 67.6 Å². The second-order valence-corrected chi connectivity index (χ2v) is 6.87. The van der Waals surface area contributed by atoms with Gasteiger partial charge in [-0.2, -0.15) is 0 Å². The minimum atomic E-state index is -0.257. The van der Waals surface area contributed by atoms with E-state index in [1.54, 1.807) is 0 Å². The monoisotopic (exact) mass is 369 g/mol. The van der Waals surface area contributed by atoms with Crippen LogP contribution in [0.25, 0.3) is 11.1 Å². The van der Waals surface area contributed by atoms with Gasteiger partial charge in [-0.15, -0.1) is 10.2 Å². The molecule has 1 heterocycles. The van der Waals surface area contributed by atoms with Crippen LogP contribution in [0.5, 0.6) is 0 Å². The molecule has 0 saturated carbocycles. The van der Waals surface area contributed by atoms with Gasteiger partial charge in [0, 0.05) is 6.54 Å². The van der Waals surface area contributed by atoms with Crippen LogP contribution in [-0.2, 0) is 6.54 Å². The van der Waals surface area contributed by atoms with Crippen LogP contribution in [0, 0.1) is 6.92 Å². The molecule has 0 saturated heterocycles. The van der Waals surface area contributed by atoms with Crippen LogP contribution in [0.1, 0.15) is 31.5 Å². The van der Waals surface area contributed by atoms with Gasteiger partial charge in [-0.3, -0.25) is 4.79 Å². The molecule has 2 aromatic carbocycles. The first kappa shape index (κ1) is 17.3. The molecule has 6 heteroatoms. The first-order valence-electron chi connectivity index (χ1n) is 7.72. The Morgan fingerprint density at radius 1 is 1.08 bits per heavy atom. The second kappa shape index (κ2) is 8.05. The van der Waals surface area contributed by atoms with E-state index in [0.717, 1.165) is 11.1 Å². The fourth-order valence-electron chi connectivity index (χ4n) is 2.14. The van der Waals surface area contributed by atoms with Crippen LogP contribution in [0.15, 0.2) is 54.6 Å². The van der Waals surface area contributed by atoms with E-state index in [0.29, 0.717) is 21.6 Å². The Morgan fingerprint density at radius 3 is 2.48 bits per heavy atom. The fraction of sp³-hybridized carbons (Fsp3) is 0.105. The van der Waals surface area contributed by atoms with E-state index in [1.165, 1.54) is 16.9 Å². The van der Waals surface area contributed by atoms with Gasteiger partial charge in [-0.25, -0.2) is 0 Å². The van der Waals surface area contributed by atoms with Crippen LogP contribution in [0.4, 0.5) is 0 Å². The number of amides is 1. The zero-order valence-corrected chi connectivity index (χ0v) is 15.1. The minimum Gasteiger partial charge on any atom is -0.346 e. The first-order valence-corrected chi connectivity index (χ1v) is 8.91. The molecule has 0 spiro atoms. The van der Waals surface area contributed by atoms with Crippen molar-refractivity contribution < 1.29 is 4.79 Å². The molecule has 0 atom stereocenters. The number of hydrogen-bond acceptors (Lipinski definition) is 4. The minimum absolute atomic E-state index is 0.257. The van der Waals surface area contributed by atoms with Gasteiger partial charge >= 0.3 is 0 Å². The van der Waals surface area contributed by atoms with Crippen molar-refractivity contribution in [2.75, 3.05) is 0 Å². The van der Waals surface area contributed by atoms with Crippen molar-refractivity contribution in [2.24, 2.45) is 0 Å². The highest BCUT2D eigenvalue weighted by atomic mass is 35.5. The number of carbonyl (C=O) groups excluding carboxylic acids is 1. The van der Waals surface area contributed by atoms with Crippen molar-refractivity contribution in [1.29, 1.82) is 0 Å². The Balaban J connectivity index is 1.66. The van der Waals surface area contributed by atoms with Crippen LogP contribution in [0.3, 0.4) is 0 Å². The average Bonchev–Trinajstić information content (AvgIpc) is 3.13. The Hall–Kier alpha value is -2.50. The Labute approximate surface area is 155 Å². The fourth-order valence-corrected chi connectivity index (χ4v) is 3.08. The van der Waals surface area contributed by atoms with Crippen LogP contribution >= 0.6 is 22.9 Å². The summed E-state index contributed by atoms with van der Waals surface area (Å²) in [5, 5.41) is 12.1. The van der Waals surface area contributed by atoms with Crippen LogP contribution in [0.2, 0.25) is 0 Å². The molecule has 3 rings (SSSR count). The second-order valence-electron chi connectivity index (χ2n) is 5.48. The molecular formula is C19H16ClN3OS. The van der Waals surface area contributed by atoms with E-state index >= 15 is 0 Å². The lowest BCUT2D eigenvalue weighted by atomic mass is 10.1. The maximum Gasteiger partial charge on any atom is 0.282 e. The zero-order chi connectivity index (χ0) is 17.6. The average molecular weight is 370 g/mol. The Morgan fingerprint density at radius 2 is 1.76 bits per heavy atom. The number of benzene rings is 2. The molecule has 0 bridgehead atoms. The summed E-state index contributed by atoms with van der Waals surface area (Å²) in [5.74, 6) is -0.257. The van der Waals surface area contributed by atoms with Gasteiger partial charge in [0.2, 0.25) is 5.01 Å². The molecule has 0 fully saturated rings. The summed E-state index contributed by atoms with van der Waals surface area (Å²) in [6.07, 6.45) is 1.81. The van der Waals surface area contributed by atoms with Crippen molar-refractivity contribution >= 4 is 40.0 Å². The lowest BCUT2D eigenvalue weighted by Gasteiger charge is -2.02. The normalized spacial score (nSPS) is 11.4. The van der Waals surface area contributed by atoms with Gasteiger partial charge in [0.25, 0.3) is 5.91 Å². The largest absolute Gasteiger partial charge is 0.346 e. The number of nitrogens with one attached hydrogen (secondary N) is 1. The van der Waals surface area contributed by atoms with Crippen molar-refractivity contribution in [3.8, 4) is 0 Å². The molecule has 0 aliphatic heterocycles. The number of halogens is 1. The topological polar surface area (TPSA) is 54.9 Å². The molecule has 1 N–H and O–H groups in total. The van der Waals surface area contributed by atoms with Crippen LogP contribution < -0.4 is 5.32 Å². The molecule has 126 valence electrons. The number of aryl methyl sites for hydroxylation is 1. The summed E-state index contributed by atoms with van der Waals surface area (Å²) in [6, 6.07) is 17.7. The van der Waals surface area contributed by atoms with Gasteiger partial charge < -0.3 is 5.32 Å². The Bertz CT molecular complexity index is 889. The lowest BCUT2D eigenvalue weighted by Crippen LogP contribution is -2.22. The van der Waals surface area contributed by atoms with Gasteiger partial charge in [0.15, 0.2) is 5.01 Å². The molecule has 25 heavy (non-hydrogen) atoms. The highest BCUT2D eigenvalue weighted by molar-refractivity contribution is 7.15. The van der Waals surface area contributed by atoms with E-state index in [-0.39, 0.29) is 5.91 Å². The van der Waals surface area contributed by atoms with E-state index in [2.05, 4.69) is 15.5 Å². The highest BCUT2D eigenvalue weighted by Gasteiger charge is 2.14. The molecule has 4 nitrogen and oxygen atoms in total. The third-order valence-corrected chi connectivity index (χ3v) is 4.85. The highest BCUT2D eigenvalue weighted by Crippen LogP contribution is 2.25. The predicted molar refractivity (Wildman–Crippen MR) is 102 cm³/mol. The SMILES string of the molecule is Cc1ccc(/C=C(\Cl)c2nnc(C(=O)NCc3ccccc3)s2)cc1. The summed E-state index contributed by atoms with van der Waals surface area (Å²) >= 11 is 7.48. The molecule has 0 radical (unpaired) electrons. The lowest BCUT2D eigenvalue weighted by molar-refractivity contribution is 0.0950. The summed E-state index contributed by atoms with van der Waals surface area (Å²) in [6.45, 7) is 2.47. The van der Waals surface area contributed by atoms with Gasteiger partial charge in [0.1, 0.15) is 0 Å². The summed E-state index contributed by atoms with van der Waals surface area (Å²) < 4.78 is 0. The van der Waals surface area contributed by atoms with E-state index < -0.39 is 0 Å². The van der Waals surface area contributed by atoms with E-state index in [4.69, 9.17) is 11.6 Å². The van der Waals surface area contributed by atoms with Crippen molar-refractivity contribution in [3.63, 3.8) is 0 Å². The van der Waals surface area contributed by atoms with Gasteiger partial charge in [0.05, 0.1) is 5.03 Å². The van der Waals surface area contributed by atoms with Gasteiger partial charge in [-0.05, 0) is 24.1 Å². The van der Waals surface area contributed by atoms with Crippen molar-refractivity contribution in [2.45, 2.75) is 13.5 Å². The first-order chi connectivity index (χ1) is 12.1. The molecule has 1 aromatic heterocycles. The Kier molecular flexibility index (Phi) is 5.58. The smallest absolute Gasteiger partial charge is 0.282 e. The van der Waals surface area contributed by atoms with Gasteiger partial charge in [-0.1, -0.05) is 83.1 Å². The molecule has 1 amide bonds. The molecule has 0 aliphatic rings. The number of aromatic nitrogens is 2. The quantitative estimate of drug-likeness (QED) is 0.719. The zero-order valence-electron chi connectivity index (χ0n) is 13.6. The number of carbonyl (C=O) groups is 1. The molecule has 0 aliphatic carbocycles. The third kappa shape index (κ3) is 4.75. The number of hydrogen-bond donors (Lipinski definition) is 1. The molecule has 3 aromatic rings. The summed E-state index contributed by atoms with van der Waals surface area (Å²) in [4.78, 5) is 12.2. The summed E-state index contributed by atoms with van der Waals surface area (Å²) in [7, 11) is 0. The van der Waals surface area contributed by atoms with Crippen molar-refractivity contribution in [1.82, 2.24) is 15.5 Å². The third-order valence-electron chi connectivity index (χ3n) is 3.49. The molecule has 0 unspecified atom stereocenters. The van der Waals surface area contributed by atoms with Crippen LogP contribution in [-0.4, -0.2) is 16.1 Å². The summed E-state index contributed by atoms with van der Waals surface area (Å²) in [5.41, 5.74) is 3.18. The molecular weight excluding hydrogens is 354 g/mol. The van der Waals surface area contributed by atoms with Crippen molar-refractivity contribution in [3.05, 3.63) is 81.3 Å². The predicted octanol–water partition coefficient (Wildman–Crippen LogP) is 4.51.